The monoisotopic (exact) mass is 456 g/mol. The Labute approximate surface area is 186 Å². The molecule has 0 fully saturated rings. The minimum Gasteiger partial charge on any atom is -0.377 e. The summed E-state index contributed by atoms with van der Waals surface area (Å²) in [5.74, 6) is -0.130. The Kier molecular flexibility index (Phi) is 6.94. The molecule has 0 saturated carbocycles. The molecule has 0 atom stereocenters. The minimum atomic E-state index is -3.57. The predicted molar refractivity (Wildman–Crippen MR) is 125 cm³/mol. The molecule has 0 radical (unpaired) electrons. The number of non-ortho nitro benzene ring substituents is 1. The number of fused-ring (bicyclic) bond motifs is 1. The number of nitro groups is 1. The SMILES string of the molecule is CN(C)c1cccc2c(S(=O)(=O)CCCNC(=O)Nc3cccc([N+](=O)[O-])c3)cccc12. The van der Waals surface area contributed by atoms with Crippen molar-refractivity contribution in [2.75, 3.05) is 36.6 Å². The highest BCUT2D eigenvalue weighted by Gasteiger charge is 2.18. The first-order valence-corrected chi connectivity index (χ1v) is 11.6. The van der Waals surface area contributed by atoms with E-state index in [9.17, 15) is 23.3 Å². The molecule has 2 amide bonds. The van der Waals surface area contributed by atoms with Crippen molar-refractivity contribution in [1.29, 1.82) is 0 Å². The van der Waals surface area contributed by atoms with Crippen LogP contribution in [-0.2, 0) is 9.84 Å². The van der Waals surface area contributed by atoms with Crippen molar-refractivity contribution >= 4 is 43.7 Å². The number of amides is 2. The average molecular weight is 457 g/mol. The molecule has 168 valence electrons. The number of urea groups is 1. The van der Waals surface area contributed by atoms with Crippen LogP contribution in [0.15, 0.2) is 65.6 Å². The highest BCUT2D eigenvalue weighted by molar-refractivity contribution is 7.91. The van der Waals surface area contributed by atoms with E-state index in [1.165, 1.54) is 24.3 Å². The van der Waals surface area contributed by atoms with Crippen molar-refractivity contribution in [3.8, 4) is 0 Å². The van der Waals surface area contributed by atoms with Gasteiger partial charge in [0, 0.05) is 54.9 Å². The number of hydrogen-bond donors (Lipinski definition) is 2. The molecule has 10 heteroatoms. The number of sulfone groups is 1. The Balaban J connectivity index is 1.61. The van der Waals surface area contributed by atoms with Gasteiger partial charge in [0.05, 0.1) is 15.6 Å². The van der Waals surface area contributed by atoms with Crippen LogP contribution in [-0.4, -0.2) is 45.8 Å². The van der Waals surface area contributed by atoms with Crippen molar-refractivity contribution in [1.82, 2.24) is 5.32 Å². The maximum Gasteiger partial charge on any atom is 0.319 e. The number of hydrogen-bond acceptors (Lipinski definition) is 6. The smallest absolute Gasteiger partial charge is 0.319 e. The van der Waals surface area contributed by atoms with Gasteiger partial charge in [0.2, 0.25) is 0 Å². The van der Waals surface area contributed by atoms with E-state index in [-0.39, 0.29) is 35.0 Å². The molecule has 0 aliphatic heterocycles. The first-order valence-electron chi connectivity index (χ1n) is 9.90. The lowest BCUT2D eigenvalue weighted by molar-refractivity contribution is -0.384. The summed E-state index contributed by atoms with van der Waals surface area (Å²) in [6.07, 6.45) is 0.217. The van der Waals surface area contributed by atoms with Gasteiger partial charge in [-0.05, 0) is 24.6 Å². The van der Waals surface area contributed by atoms with Crippen LogP contribution in [0.5, 0.6) is 0 Å². The number of carbonyl (C=O) groups excluding carboxylic acids is 1. The Morgan fingerprint density at radius 3 is 2.44 bits per heavy atom. The zero-order chi connectivity index (χ0) is 23.3. The fourth-order valence-corrected chi connectivity index (χ4v) is 4.92. The molecule has 3 rings (SSSR count). The molecule has 0 heterocycles. The van der Waals surface area contributed by atoms with E-state index in [1.807, 2.05) is 37.2 Å². The Bertz CT molecular complexity index is 1260. The topological polar surface area (TPSA) is 122 Å². The molecule has 0 aromatic heterocycles. The number of carbonyl (C=O) groups is 1. The third-order valence-electron chi connectivity index (χ3n) is 4.87. The van der Waals surface area contributed by atoms with E-state index in [1.54, 1.807) is 18.2 Å². The first-order chi connectivity index (χ1) is 15.2. The van der Waals surface area contributed by atoms with Crippen molar-refractivity contribution in [2.45, 2.75) is 11.3 Å². The van der Waals surface area contributed by atoms with Crippen LogP contribution in [0, 0.1) is 10.1 Å². The highest BCUT2D eigenvalue weighted by Crippen LogP contribution is 2.30. The maximum atomic E-state index is 13.0. The lowest BCUT2D eigenvalue weighted by Crippen LogP contribution is -2.30. The molecule has 0 saturated heterocycles. The van der Waals surface area contributed by atoms with Crippen LogP contribution < -0.4 is 15.5 Å². The summed E-state index contributed by atoms with van der Waals surface area (Å²) in [6.45, 7) is 0.133. The zero-order valence-corrected chi connectivity index (χ0v) is 18.6. The van der Waals surface area contributed by atoms with Crippen LogP contribution in [0.2, 0.25) is 0 Å². The van der Waals surface area contributed by atoms with E-state index in [4.69, 9.17) is 0 Å². The number of rotatable bonds is 8. The largest absolute Gasteiger partial charge is 0.377 e. The quantitative estimate of drug-likeness (QED) is 0.302. The summed E-state index contributed by atoms with van der Waals surface area (Å²) in [5.41, 5.74) is 1.07. The van der Waals surface area contributed by atoms with E-state index >= 15 is 0 Å². The summed E-state index contributed by atoms with van der Waals surface area (Å²) < 4.78 is 25.9. The second kappa shape index (κ2) is 9.65. The lowest BCUT2D eigenvalue weighted by Gasteiger charge is -2.17. The van der Waals surface area contributed by atoms with Gasteiger partial charge in [-0.15, -0.1) is 0 Å². The fourth-order valence-electron chi connectivity index (χ4n) is 3.37. The number of benzene rings is 3. The van der Waals surface area contributed by atoms with Gasteiger partial charge in [0.15, 0.2) is 9.84 Å². The Hall–Kier alpha value is -3.66. The van der Waals surface area contributed by atoms with Crippen molar-refractivity contribution in [3.05, 3.63) is 70.8 Å². The Morgan fingerprint density at radius 1 is 1.03 bits per heavy atom. The summed E-state index contributed by atoms with van der Waals surface area (Å²) in [7, 11) is 0.240. The van der Waals surface area contributed by atoms with Gasteiger partial charge >= 0.3 is 6.03 Å². The zero-order valence-electron chi connectivity index (χ0n) is 17.7. The van der Waals surface area contributed by atoms with Crippen LogP contribution >= 0.6 is 0 Å². The van der Waals surface area contributed by atoms with Gasteiger partial charge in [-0.2, -0.15) is 0 Å². The van der Waals surface area contributed by atoms with Crippen LogP contribution in [0.25, 0.3) is 10.8 Å². The second-order valence-electron chi connectivity index (χ2n) is 7.38. The number of nitrogens with one attached hydrogen (secondary N) is 2. The standard InChI is InChI=1S/C22H24N4O5S/c1-25(2)20-11-4-10-19-18(20)9-5-12-21(19)32(30,31)14-6-13-23-22(27)24-16-7-3-8-17(15-16)26(28)29/h3-5,7-12,15H,6,13-14H2,1-2H3,(H2,23,24,27). The molecule has 0 bridgehead atoms. The minimum absolute atomic E-state index is 0.130. The van der Waals surface area contributed by atoms with Gasteiger partial charge in [-0.25, -0.2) is 13.2 Å². The molecule has 3 aromatic carbocycles. The molecule has 0 aliphatic rings. The maximum absolute atomic E-state index is 13.0. The highest BCUT2D eigenvalue weighted by atomic mass is 32.2. The molecule has 9 nitrogen and oxygen atoms in total. The van der Waals surface area contributed by atoms with E-state index < -0.39 is 20.8 Å². The van der Waals surface area contributed by atoms with Crippen molar-refractivity contribution < 1.29 is 18.1 Å². The first kappa shape index (κ1) is 23.0. The van der Waals surface area contributed by atoms with Gasteiger partial charge in [-0.3, -0.25) is 10.1 Å². The summed E-state index contributed by atoms with van der Waals surface area (Å²) >= 11 is 0. The van der Waals surface area contributed by atoms with Crippen molar-refractivity contribution in [3.63, 3.8) is 0 Å². The summed E-state index contributed by atoms with van der Waals surface area (Å²) in [4.78, 5) is 24.5. The third kappa shape index (κ3) is 5.33. The summed E-state index contributed by atoms with van der Waals surface area (Å²) in [5, 5.41) is 17.4. The van der Waals surface area contributed by atoms with E-state index in [0.717, 1.165) is 11.1 Å². The Morgan fingerprint density at radius 2 is 1.72 bits per heavy atom. The molecular weight excluding hydrogens is 432 g/mol. The molecular formula is C22H24N4O5S. The molecule has 32 heavy (non-hydrogen) atoms. The normalized spacial score (nSPS) is 11.2. The molecule has 0 unspecified atom stereocenters. The fraction of sp³-hybridized carbons (Fsp3) is 0.227. The molecule has 0 aliphatic carbocycles. The molecule has 0 spiro atoms. The van der Waals surface area contributed by atoms with Crippen LogP contribution in [0.4, 0.5) is 21.9 Å². The number of nitrogens with zero attached hydrogens (tertiary/aromatic N) is 2. The van der Waals surface area contributed by atoms with Gasteiger partial charge in [0.25, 0.3) is 5.69 Å². The lowest BCUT2D eigenvalue weighted by atomic mass is 10.1. The molecule has 3 aromatic rings. The number of nitro benzene ring substituents is 1. The van der Waals surface area contributed by atoms with Crippen LogP contribution in [0.1, 0.15) is 6.42 Å². The molecule has 2 N–H and O–H groups in total. The van der Waals surface area contributed by atoms with Gasteiger partial charge in [-0.1, -0.05) is 30.3 Å². The average Bonchev–Trinajstić information content (AvgIpc) is 2.76. The van der Waals surface area contributed by atoms with Gasteiger partial charge in [0.1, 0.15) is 0 Å². The van der Waals surface area contributed by atoms with Crippen molar-refractivity contribution in [2.24, 2.45) is 0 Å². The van der Waals surface area contributed by atoms with Crippen LogP contribution in [0.3, 0.4) is 0 Å². The number of anilines is 2. The van der Waals surface area contributed by atoms with E-state index in [2.05, 4.69) is 10.6 Å². The second-order valence-corrected chi connectivity index (χ2v) is 9.46. The van der Waals surface area contributed by atoms with E-state index in [0.29, 0.717) is 5.39 Å². The summed E-state index contributed by atoms with van der Waals surface area (Å²) in [6, 6.07) is 15.8. The predicted octanol–water partition coefficient (Wildman–Crippen LogP) is 3.80. The third-order valence-corrected chi connectivity index (χ3v) is 6.72. The van der Waals surface area contributed by atoms with Gasteiger partial charge < -0.3 is 15.5 Å².